The molecule has 1 spiro atoms. The summed E-state index contributed by atoms with van der Waals surface area (Å²) in [4.78, 5) is 73.1. The number of rotatable bonds is 17. The van der Waals surface area contributed by atoms with Crippen molar-refractivity contribution < 1.29 is 41.3 Å². The number of likely N-dealkylation sites (tertiary alicyclic amines) is 3. The van der Waals surface area contributed by atoms with Crippen molar-refractivity contribution in [2.75, 3.05) is 44.5 Å². The van der Waals surface area contributed by atoms with Gasteiger partial charge in [0.15, 0.2) is 16.1 Å². The molecule has 3 atom stereocenters. The number of carbonyl (C=O) groups excluding carboxylic acids is 4. The van der Waals surface area contributed by atoms with Crippen molar-refractivity contribution in [1.82, 2.24) is 40.3 Å². The first-order valence-electron chi connectivity index (χ1n) is 29.9. The number of thiazole rings is 1. The van der Waals surface area contributed by atoms with Crippen molar-refractivity contribution in [3.8, 4) is 39.8 Å². The molecule has 0 radical (unpaired) electrons. The van der Waals surface area contributed by atoms with E-state index in [1.807, 2.05) is 28.0 Å². The molecule has 6 heterocycles. The lowest BCUT2D eigenvalue weighted by Gasteiger charge is -2.46. The van der Waals surface area contributed by atoms with E-state index in [9.17, 15) is 41.8 Å². The smallest absolute Gasteiger partial charge is 0.416 e. The highest BCUT2D eigenvalue weighted by molar-refractivity contribution is 7.86. The van der Waals surface area contributed by atoms with Crippen molar-refractivity contribution in [3.63, 3.8) is 0 Å². The Morgan fingerprint density at radius 1 is 0.791 bits per heavy atom. The Balaban J connectivity index is 0.619. The van der Waals surface area contributed by atoms with Crippen LogP contribution >= 0.6 is 11.3 Å². The number of aromatic nitrogens is 3. The van der Waals surface area contributed by atoms with Crippen molar-refractivity contribution in [1.29, 1.82) is 5.26 Å². The molecule has 5 fully saturated rings. The summed E-state index contributed by atoms with van der Waals surface area (Å²) in [6, 6.07) is 24.3. The van der Waals surface area contributed by atoms with Gasteiger partial charge in [-0.1, -0.05) is 24.3 Å². The summed E-state index contributed by atoms with van der Waals surface area (Å²) in [6.45, 7) is 3.98. The molecule has 86 heavy (non-hydrogen) atoms. The molecule has 16 nitrogen and oxygen atoms in total. The van der Waals surface area contributed by atoms with Crippen LogP contribution in [0.5, 0.6) is 11.5 Å². The minimum atomic E-state index is -4.53. The van der Waals surface area contributed by atoms with E-state index in [0.29, 0.717) is 63.6 Å². The summed E-state index contributed by atoms with van der Waals surface area (Å²) in [5, 5.41) is 19.3. The molecule has 0 bridgehead atoms. The van der Waals surface area contributed by atoms with Crippen LogP contribution in [0.3, 0.4) is 0 Å². The minimum Gasteiger partial charge on any atom is -0.455 e. The number of piperidine rings is 2. The molecular formula is C65H71F3N10O6S2. The summed E-state index contributed by atoms with van der Waals surface area (Å²) in [5.74, 6) is 0.919. The van der Waals surface area contributed by atoms with E-state index in [4.69, 9.17) is 4.74 Å². The highest BCUT2D eigenvalue weighted by atomic mass is 32.2. The van der Waals surface area contributed by atoms with Crippen molar-refractivity contribution >= 4 is 51.1 Å². The molecule has 3 aliphatic heterocycles. The zero-order valence-corrected chi connectivity index (χ0v) is 49.7. The van der Waals surface area contributed by atoms with Crippen LogP contribution in [-0.4, -0.2) is 103 Å². The van der Waals surface area contributed by atoms with E-state index in [-0.39, 0.29) is 70.7 Å². The maximum Gasteiger partial charge on any atom is 0.416 e. The van der Waals surface area contributed by atoms with Gasteiger partial charge in [-0.3, -0.25) is 33.9 Å². The number of ether oxygens (including phenoxy) is 1. The average molecular weight is 1210 g/mol. The van der Waals surface area contributed by atoms with E-state index >= 15 is 0 Å². The molecule has 6 aromatic rings. The summed E-state index contributed by atoms with van der Waals surface area (Å²) in [7, 11) is 0.0681. The molecule has 3 aromatic heterocycles. The standard InChI is InChI=1S/C65H71F3N10O6S2/c1-76-58(79)38-55(59(76)48-5-3-25-70-40-48)62(82)78-31-23-64(24-32-78)21-15-43(16-22-64)60(80)74-51-10-7-44(8-11-51)61(81)77-29-19-42(20-30-77)17-26-71-41-52-35-47(18-27-72-52)54-37-46(45-4-2-6-50(34-45)65(66,67)68)9-13-57(54)84-56-14-12-53(36-49(56)39-69)86(83)75-63-73-28-33-85-63/h2-6,9,12-14,18,25,27-28,33-37,40,42-44,51,55,59,71H,7-8,10-11,15-17,19-24,26,29-32,38,41H2,1H3,(H,73,75)(H,74,80)/t44?,51?,55-,59+,86?/m0/s1. The van der Waals surface area contributed by atoms with Crippen molar-refractivity contribution in [3.05, 3.63) is 137 Å². The molecule has 4 amide bonds. The van der Waals surface area contributed by atoms with Crippen LogP contribution < -0.4 is 20.1 Å². The van der Waals surface area contributed by atoms with E-state index in [1.165, 1.54) is 23.5 Å². The number of amides is 4. The second kappa shape index (κ2) is 26.6. The van der Waals surface area contributed by atoms with Crippen LogP contribution in [0.15, 0.2) is 120 Å². The second-order valence-electron chi connectivity index (χ2n) is 23.8. The number of hydrogen-bond acceptors (Lipinski definition) is 12. The lowest BCUT2D eigenvalue weighted by molar-refractivity contribution is -0.140. The van der Waals surface area contributed by atoms with E-state index in [1.54, 1.807) is 84.6 Å². The van der Waals surface area contributed by atoms with Gasteiger partial charge in [0, 0.05) is 99.8 Å². The Morgan fingerprint density at radius 3 is 2.27 bits per heavy atom. The SMILES string of the molecule is CN1C(=O)C[C@H](C(=O)N2CCC3(CCC(C(=O)NC4CCC(C(=O)N5CCC(CCNCc6cc(-c7cc(-c8cccc(C(F)(F)F)c8)ccc7Oc7ccc(S(=O)Nc8nccs8)cc7C#N)ccn6)CC5)CC4)CC3)CC2)[C@H]1c1cccnc1. The number of nitrogens with zero attached hydrogens (tertiary/aromatic N) is 7. The van der Waals surface area contributed by atoms with Gasteiger partial charge in [-0.15, -0.1) is 11.3 Å². The van der Waals surface area contributed by atoms with Gasteiger partial charge in [0.1, 0.15) is 17.6 Å². The lowest BCUT2D eigenvalue weighted by atomic mass is 9.65. The van der Waals surface area contributed by atoms with Crippen molar-refractivity contribution in [2.45, 2.75) is 120 Å². The van der Waals surface area contributed by atoms with Gasteiger partial charge in [0.25, 0.3) is 0 Å². The van der Waals surface area contributed by atoms with Gasteiger partial charge >= 0.3 is 6.18 Å². The van der Waals surface area contributed by atoms with Gasteiger partial charge in [-0.25, -0.2) is 9.19 Å². The number of halogens is 3. The Bertz CT molecular complexity index is 3460. The number of nitriles is 1. The third-order valence-electron chi connectivity index (χ3n) is 18.6. The summed E-state index contributed by atoms with van der Waals surface area (Å²) in [5.41, 5.74) is 3.27. The molecule has 2 aliphatic carbocycles. The van der Waals surface area contributed by atoms with Gasteiger partial charge in [0.05, 0.1) is 33.7 Å². The van der Waals surface area contributed by atoms with Crippen LogP contribution in [0.4, 0.5) is 18.3 Å². The zero-order chi connectivity index (χ0) is 60.0. The van der Waals surface area contributed by atoms with Crippen LogP contribution in [0.2, 0.25) is 0 Å². The molecule has 11 rings (SSSR count). The number of anilines is 1. The first-order valence-corrected chi connectivity index (χ1v) is 31.9. The topological polar surface area (TPSA) is 203 Å². The molecule has 21 heteroatoms. The summed E-state index contributed by atoms with van der Waals surface area (Å²) >= 11 is 1.29. The molecule has 1 unspecified atom stereocenters. The van der Waals surface area contributed by atoms with Crippen LogP contribution in [0, 0.1) is 40.4 Å². The Kier molecular flexibility index (Phi) is 18.6. The number of hydrogen-bond donors (Lipinski definition) is 3. The fourth-order valence-electron chi connectivity index (χ4n) is 13.5. The number of alkyl halides is 3. The van der Waals surface area contributed by atoms with Gasteiger partial charge in [-0.2, -0.15) is 18.4 Å². The summed E-state index contributed by atoms with van der Waals surface area (Å²) in [6.07, 6.45) is 13.7. The normalized spacial score (nSPS) is 21.4. The Morgan fingerprint density at radius 2 is 1.55 bits per heavy atom. The highest BCUT2D eigenvalue weighted by Crippen LogP contribution is 2.48. The average Bonchev–Trinajstić information content (AvgIpc) is 4.36. The predicted molar refractivity (Wildman–Crippen MR) is 321 cm³/mol. The summed E-state index contributed by atoms with van der Waals surface area (Å²) < 4.78 is 63.8. The van der Waals surface area contributed by atoms with Crippen molar-refractivity contribution in [2.24, 2.45) is 29.1 Å². The lowest BCUT2D eigenvalue weighted by Crippen LogP contribution is -2.48. The molecule has 5 aliphatic rings. The maximum atomic E-state index is 13.9. The molecule has 450 valence electrons. The first-order chi connectivity index (χ1) is 41.6. The van der Waals surface area contributed by atoms with E-state index in [0.717, 1.165) is 126 Å². The third-order valence-corrected chi connectivity index (χ3v) is 20.5. The highest BCUT2D eigenvalue weighted by Gasteiger charge is 2.47. The number of nitrogens with one attached hydrogen (secondary N) is 3. The Hall–Kier alpha value is -7.54. The minimum absolute atomic E-state index is 0.0202. The second-order valence-corrected chi connectivity index (χ2v) is 26.0. The van der Waals surface area contributed by atoms with Gasteiger partial charge in [-0.05, 0) is 184 Å². The maximum absolute atomic E-state index is 13.9. The molecule has 3 aromatic carbocycles. The largest absolute Gasteiger partial charge is 0.455 e. The van der Waals surface area contributed by atoms with Crippen LogP contribution in [0.1, 0.15) is 118 Å². The molecule has 2 saturated carbocycles. The fourth-order valence-corrected chi connectivity index (χ4v) is 15.1. The number of carbonyl (C=O) groups is 4. The quantitative estimate of drug-likeness (QED) is 0.0733. The number of benzene rings is 3. The first kappa shape index (κ1) is 60.2. The monoisotopic (exact) mass is 1210 g/mol. The Labute approximate surface area is 505 Å². The molecule has 3 N–H and O–H groups in total. The predicted octanol–water partition coefficient (Wildman–Crippen LogP) is 11.5. The fraction of sp³-hybridized carbons (Fsp3) is 0.446. The van der Waals surface area contributed by atoms with E-state index in [2.05, 4.69) is 36.4 Å². The van der Waals surface area contributed by atoms with Crippen LogP contribution in [-0.2, 0) is 42.9 Å². The van der Waals surface area contributed by atoms with Crippen LogP contribution in [0.25, 0.3) is 22.3 Å². The van der Waals surface area contributed by atoms with Gasteiger partial charge < -0.3 is 30.1 Å². The number of pyridine rings is 2. The van der Waals surface area contributed by atoms with E-state index < -0.39 is 28.6 Å². The van der Waals surface area contributed by atoms with Gasteiger partial charge in [0.2, 0.25) is 23.6 Å². The molecule has 3 saturated heterocycles. The third kappa shape index (κ3) is 14.0. The zero-order valence-electron chi connectivity index (χ0n) is 48.1. The molecular weight excluding hydrogens is 1140 g/mol.